The van der Waals surface area contributed by atoms with Gasteiger partial charge in [-0.25, -0.2) is 4.40 Å². The first-order valence-electron chi connectivity index (χ1n) is 10.2. The van der Waals surface area contributed by atoms with Gasteiger partial charge in [0, 0.05) is 19.6 Å². The van der Waals surface area contributed by atoms with Crippen LogP contribution in [0, 0.1) is 0 Å². The summed E-state index contributed by atoms with van der Waals surface area (Å²) in [6, 6.07) is 9.47. The SMILES string of the molecule is CCNc1nc(NCC)n2c(SCC(=O)N(CC(=O)OC)Cc3ccccc3)nnc2n1. The number of thioether (sulfide) groups is 1. The van der Waals surface area contributed by atoms with E-state index in [0.717, 1.165) is 5.56 Å². The number of ether oxygens (including phenoxy) is 1. The number of nitrogens with one attached hydrogen (secondary N) is 2. The molecule has 0 aliphatic carbocycles. The van der Waals surface area contributed by atoms with Crippen LogP contribution >= 0.6 is 11.8 Å². The number of hydrogen-bond acceptors (Lipinski definition) is 10. The smallest absolute Gasteiger partial charge is 0.325 e. The number of nitrogens with zero attached hydrogens (tertiary/aromatic N) is 6. The lowest BCUT2D eigenvalue weighted by atomic mass is 10.2. The summed E-state index contributed by atoms with van der Waals surface area (Å²) in [6.45, 7) is 5.38. The normalized spacial score (nSPS) is 10.7. The van der Waals surface area contributed by atoms with Crippen LogP contribution in [0.3, 0.4) is 0 Å². The van der Waals surface area contributed by atoms with E-state index in [1.165, 1.54) is 23.8 Å². The first kappa shape index (κ1) is 23.3. The van der Waals surface area contributed by atoms with Crippen molar-refractivity contribution in [2.45, 2.75) is 25.5 Å². The Bertz CT molecular complexity index is 1060. The lowest BCUT2D eigenvalue weighted by molar-refractivity contribution is -0.146. The van der Waals surface area contributed by atoms with Crippen molar-refractivity contribution < 1.29 is 14.3 Å². The summed E-state index contributed by atoms with van der Waals surface area (Å²) < 4.78 is 6.42. The average molecular weight is 459 g/mol. The van der Waals surface area contributed by atoms with Crippen LogP contribution < -0.4 is 10.6 Å². The van der Waals surface area contributed by atoms with Crippen LogP contribution in [0.4, 0.5) is 11.9 Å². The van der Waals surface area contributed by atoms with E-state index in [-0.39, 0.29) is 18.2 Å². The van der Waals surface area contributed by atoms with E-state index in [4.69, 9.17) is 4.74 Å². The van der Waals surface area contributed by atoms with Crippen LogP contribution in [-0.2, 0) is 20.9 Å². The third-order valence-electron chi connectivity index (χ3n) is 4.36. The van der Waals surface area contributed by atoms with Gasteiger partial charge in [-0.1, -0.05) is 42.1 Å². The molecule has 0 unspecified atom stereocenters. The molecule has 0 saturated heterocycles. The predicted octanol–water partition coefficient (Wildman–Crippen LogP) is 1.68. The molecule has 170 valence electrons. The van der Waals surface area contributed by atoms with Gasteiger partial charge >= 0.3 is 5.97 Å². The number of rotatable bonds is 11. The molecule has 1 aromatic carbocycles. The Morgan fingerprint density at radius 2 is 1.84 bits per heavy atom. The Hall–Kier alpha value is -3.41. The van der Waals surface area contributed by atoms with Crippen molar-refractivity contribution in [3.05, 3.63) is 35.9 Å². The molecule has 0 aliphatic rings. The number of esters is 1. The molecule has 0 spiro atoms. The minimum absolute atomic E-state index is 0.0607. The molecule has 0 fully saturated rings. The van der Waals surface area contributed by atoms with E-state index in [1.807, 2.05) is 44.2 Å². The first-order valence-corrected chi connectivity index (χ1v) is 11.2. The monoisotopic (exact) mass is 458 g/mol. The van der Waals surface area contributed by atoms with Crippen molar-refractivity contribution in [3.63, 3.8) is 0 Å². The highest BCUT2D eigenvalue weighted by atomic mass is 32.2. The van der Waals surface area contributed by atoms with Crippen molar-refractivity contribution in [1.29, 1.82) is 0 Å². The van der Waals surface area contributed by atoms with Gasteiger partial charge in [0.05, 0.1) is 12.9 Å². The highest BCUT2D eigenvalue weighted by Crippen LogP contribution is 2.21. The average Bonchev–Trinajstić information content (AvgIpc) is 3.21. The van der Waals surface area contributed by atoms with Crippen molar-refractivity contribution in [3.8, 4) is 0 Å². The molecule has 2 aromatic heterocycles. The molecule has 0 radical (unpaired) electrons. The Kier molecular flexibility index (Phi) is 8.20. The first-order chi connectivity index (χ1) is 15.5. The lowest BCUT2D eigenvalue weighted by Gasteiger charge is -2.21. The van der Waals surface area contributed by atoms with Crippen molar-refractivity contribution >= 4 is 41.3 Å². The summed E-state index contributed by atoms with van der Waals surface area (Å²) in [5.41, 5.74) is 0.918. The molecular formula is C20H26N8O3S. The molecular weight excluding hydrogens is 432 g/mol. The number of carbonyl (C=O) groups is 2. The number of fused-ring (bicyclic) bond motifs is 1. The summed E-state index contributed by atoms with van der Waals surface area (Å²) in [5.74, 6) is 0.706. The largest absolute Gasteiger partial charge is 0.468 e. The zero-order valence-corrected chi connectivity index (χ0v) is 19.1. The second-order valence-corrected chi connectivity index (χ2v) is 7.59. The van der Waals surface area contributed by atoms with Crippen LogP contribution in [0.2, 0.25) is 0 Å². The number of anilines is 2. The molecule has 1 amide bonds. The fourth-order valence-electron chi connectivity index (χ4n) is 2.87. The summed E-state index contributed by atoms with van der Waals surface area (Å²) >= 11 is 1.20. The third-order valence-corrected chi connectivity index (χ3v) is 5.27. The van der Waals surface area contributed by atoms with Crippen molar-refractivity contribution in [2.75, 3.05) is 43.1 Å². The van der Waals surface area contributed by atoms with Gasteiger partial charge in [-0.05, 0) is 19.4 Å². The molecule has 32 heavy (non-hydrogen) atoms. The zero-order valence-electron chi connectivity index (χ0n) is 18.2. The molecule has 3 rings (SSSR count). The molecule has 0 aliphatic heterocycles. The maximum atomic E-state index is 13.0. The maximum Gasteiger partial charge on any atom is 0.325 e. The van der Waals surface area contributed by atoms with Gasteiger partial charge in [0.25, 0.3) is 5.78 Å². The van der Waals surface area contributed by atoms with Gasteiger partial charge in [0.1, 0.15) is 6.54 Å². The van der Waals surface area contributed by atoms with E-state index < -0.39 is 5.97 Å². The van der Waals surface area contributed by atoms with Gasteiger partial charge in [-0.15, -0.1) is 10.2 Å². The number of methoxy groups -OCH3 is 1. The Morgan fingerprint density at radius 1 is 1.09 bits per heavy atom. The van der Waals surface area contributed by atoms with Crippen LogP contribution in [-0.4, -0.2) is 73.8 Å². The fourth-order valence-corrected chi connectivity index (χ4v) is 3.70. The minimum atomic E-state index is -0.481. The highest BCUT2D eigenvalue weighted by Gasteiger charge is 2.21. The number of benzene rings is 1. The second kappa shape index (κ2) is 11.3. The molecule has 0 bridgehead atoms. The fraction of sp³-hybridized carbons (Fsp3) is 0.400. The number of carbonyl (C=O) groups excluding carboxylic acids is 2. The molecule has 0 atom stereocenters. The van der Waals surface area contributed by atoms with Crippen LogP contribution in [0.15, 0.2) is 35.5 Å². The lowest BCUT2D eigenvalue weighted by Crippen LogP contribution is -2.36. The summed E-state index contributed by atoms with van der Waals surface area (Å²) in [4.78, 5) is 35.1. The minimum Gasteiger partial charge on any atom is -0.468 e. The van der Waals surface area contributed by atoms with Crippen molar-refractivity contribution in [2.24, 2.45) is 0 Å². The maximum absolute atomic E-state index is 13.0. The second-order valence-electron chi connectivity index (χ2n) is 6.65. The van der Waals surface area contributed by atoms with Gasteiger partial charge < -0.3 is 20.3 Å². The summed E-state index contributed by atoms with van der Waals surface area (Å²) in [5, 5.41) is 15.0. The number of amides is 1. The van der Waals surface area contributed by atoms with Crippen LogP contribution in [0.5, 0.6) is 0 Å². The Labute approximate surface area is 190 Å². The summed E-state index contributed by atoms with van der Waals surface area (Å²) in [7, 11) is 1.30. The van der Waals surface area contributed by atoms with E-state index >= 15 is 0 Å². The zero-order chi connectivity index (χ0) is 22.9. The highest BCUT2D eigenvalue weighted by molar-refractivity contribution is 7.99. The topological polar surface area (TPSA) is 127 Å². The predicted molar refractivity (Wildman–Crippen MR) is 122 cm³/mol. The molecule has 3 aromatic rings. The van der Waals surface area contributed by atoms with Gasteiger partial charge in [0.2, 0.25) is 17.8 Å². The van der Waals surface area contributed by atoms with E-state index in [9.17, 15) is 9.59 Å². The van der Waals surface area contributed by atoms with Crippen LogP contribution in [0.25, 0.3) is 5.78 Å². The van der Waals surface area contributed by atoms with E-state index in [0.29, 0.717) is 42.5 Å². The number of hydrogen-bond donors (Lipinski definition) is 2. The van der Waals surface area contributed by atoms with E-state index in [2.05, 4.69) is 30.8 Å². The van der Waals surface area contributed by atoms with Crippen molar-refractivity contribution in [1.82, 2.24) is 29.5 Å². The number of aromatic nitrogens is 5. The van der Waals surface area contributed by atoms with Crippen LogP contribution in [0.1, 0.15) is 19.4 Å². The van der Waals surface area contributed by atoms with Gasteiger partial charge in [-0.3, -0.25) is 9.59 Å². The molecule has 0 saturated carbocycles. The quantitative estimate of drug-likeness (QED) is 0.324. The Balaban J connectivity index is 1.78. The summed E-state index contributed by atoms with van der Waals surface area (Å²) in [6.07, 6.45) is 0. The molecule has 11 nitrogen and oxygen atoms in total. The van der Waals surface area contributed by atoms with Gasteiger partial charge in [0.15, 0.2) is 5.16 Å². The molecule has 2 heterocycles. The van der Waals surface area contributed by atoms with E-state index in [1.54, 1.807) is 4.40 Å². The third kappa shape index (κ3) is 5.84. The molecule has 2 N–H and O–H groups in total. The molecule has 12 heteroatoms. The van der Waals surface area contributed by atoms with Gasteiger partial charge in [-0.2, -0.15) is 9.97 Å². The standard InChI is InChI=1S/C20H26N8O3S/c1-4-21-17-23-18(22-5-2)28-19(24-17)25-26-20(28)32-13-15(29)27(12-16(30)31-3)11-14-9-7-6-8-10-14/h6-10H,4-5,11-13H2,1-3H3,(H2,21,22,23,24,25). The Morgan fingerprint density at radius 3 is 2.53 bits per heavy atom.